The molecule has 2 aromatic rings. The monoisotopic (exact) mass is 306 g/mol. The maximum atomic E-state index is 5.89. The van der Waals surface area contributed by atoms with Crippen molar-refractivity contribution in [3.8, 4) is 0 Å². The van der Waals surface area contributed by atoms with Crippen molar-refractivity contribution in [2.45, 2.75) is 26.2 Å². The molecule has 1 fully saturated rings. The van der Waals surface area contributed by atoms with Crippen molar-refractivity contribution in [3.05, 3.63) is 10.9 Å². The fourth-order valence-electron chi connectivity index (χ4n) is 2.93. The van der Waals surface area contributed by atoms with Crippen molar-refractivity contribution in [3.63, 3.8) is 0 Å². The number of anilines is 2. The minimum Gasteiger partial charge on any atom is -0.384 e. The van der Waals surface area contributed by atoms with Crippen LogP contribution >= 0.6 is 11.3 Å². The summed E-state index contributed by atoms with van der Waals surface area (Å²) in [6.07, 6.45) is 3.31. The Morgan fingerprint density at radius 3 is 2.81 bits per heavy atom. The summed E-state index contributed by atoms with van der Waals surface area (Å²) in [6.45, 7) is 5.04. The van der Waals surface area contributed by atoms with Gasteiger partial charge in [-0.2, -0.15) is 4.98 Å². The molecule has 1 aliphatic heterocycles. The van der Waals surface area contributed by atoms with Crippen molar-refractivity contribution in [2.75, 3.05) is 37.4 Å². The Bertz CT molecular complexity index is 619. The highest BCUT2D eigenvalue weighted by Gasteiger charge is 2.22. The van der Waals surface area contributed by atoms with Crippen LogP contribution in [0.15, 0.2) is 6.07 Å². The van der Waals surface area contributed by atoms with Crippen LogP contribution in [0.1, 0.15) is 24.6 Å². The summed E-state index contributed by atoms with van der Waals surface area (Å²) in [5.74, 6) is 2.04. The molecule has 0 saturated carbocycles. The van der Waals surface area contributed by atoms with Crippen LogP contribution in [0.2, 0.25) is 0 Å². The number of thiophene rings is 1. The quantitative estimate of drug-likeness (QED) is 0.941. The fourth-order valence-corrected chi connectivity index (χ4v) is 3.90. The Morgan fingerprint density at radius 2 is 2.14 bits per heavy atom. The van der Waals surface area contributed by atoms with E-state index in [0.29, 0.717) is 11.9 Å². The van der Waals surface area contributed by atoms with E-state index < -0.39 is 0 Å². The zero-order chi connectivity index (χ0) is 14.8. The van der Waals surface area contributed by atoms with E-state index in [1.54, 1.807) is 18.4 Å². The van der Waals surface area contributed by atoms with Crippen molar-refractivity contribution in [2.24, 2.45) is 5.92 Å². The molecule has 1 aliphatic rings. The second-order valence-electron chi connectivity index (χ2n) is 5.58. The lowest BCUT2D eigenvalue weighted by Crippen LogP contribution is -2.35. The van der Waals surface area contributed by atoms with Gasteiger partial charge in [0.15, 0.2) is 0 Å². The molecule has 114 valence electrons. The molecule has 5 nitrogen and oxygen atoms in total. The number of nitrogens with two attached hydrogens (primary N) is 1. The van der Waals surface area contributed by atoms with Gasteiger partial charge in [0.2, 0.25) is 5.95 Å². The molecule has 0 aromatic carbocycles. The summed E-state index contributed by atoms with van der Waals surface area (Å²) >= 11 is 1.72. The lowest BCUT2D eigenvalue weighted by Gasteiger charge is -2.32. The van der Waals surface area contributed by atoms with Crippen LogP contribution in [-0.2, 0) is 11.2 Å². The highest BCUT2D eigenvalue weighted by molar-refractivity contribution is 7.18. The van der Waals surface area contributed by atoms with Gasteiger partial charge >= 0.3 is 0 Å². The molecule has 0 amide bonds. The van der Waals surface area contributed by atoms with Gasteiger partial charge in [0.1, 0.15) is 10.6 Å². The van der Waals surface area contributed by atoms with E-state index in [4.69, 9.17) is 10.5 Å². The fraction of sp³-hybridized carbons (Fsp3) is 0.600. The lowest BCUT2D eigenvalue weighted by molar-refractivity contribution is 0.139. The number of fused-ring (bicyclic) bond motifs is 1. The first-order chi connectivity index (χ1) is 10.2. The first-order valence-electron chi connectivity index (χ1n) is 7.51. The number of hydrogen-bond acceptors (Lipinski definition) is 6. The summed E-state index contributed by atoms with van der Waals surface area (Å²) in [6, 6.07) is 2.22. The molecular weight excluding hydrogens is 284 g/mol. The molecule has 2 aromatic heterocycles. The molecule has 0 unspecified atom stereocenters. The number of ether oxygens (including phenoxy) is 1. The minimum absolute atomic E-state index is 0.376. The van der Waals surface area contributed by atoms with Crippen LogP contribution in [-0.4, -0.2) is 36.8 Å². The SMILES string of the molecule is CCc1cc2c(N3CCC(COC)CC3)nc(N)nc2s1. The third-order valence-corrected chi connectivity index (χ3v) is 5.28. The van der Waals surface area contributed by atoms with E-state index in [1.807, 2.05) is 0 Å². The maximum absolute atomic E-state index is 5.89. The average Bonchev–Trinajstić information content (AvgIpc) is 2.90. The first kappa shape index (κ1) is 14.5. The van der Waals surface area contributed by atoms with Gasteiger partial charge in [-0.15, -0.1) is 11.3 Å². The van der Waals surface area contributed by atoms with Gasteiger partial charge in [-0.1, -0.05) is 6.92 Å². The predicted molar refractivity (Wildman–Crippen MR) is 88.0 cm³/mol. The number of hydrogen-bond donors (Lipinski definition) is 1. The number of nitrogens with zero attached hydrogens (tertiary/aromatic N) is 3. The van der Waals surface area contributed by atoms with E-state index in [9.17, 15) is 0 Å². The van der Waals surface area contributed by atoms with Crippen molar-refractivity contribution >= 4 is 33.3 Å². The summed E-state index contributed by atoms with van der Waals surface area (Å²) in [7, 11) is 1.78. The Morgan fingerprint density at radius 1 is 1.38 bits per heavy atom. The molecule has 0 aliphatic carbocycles. The number of methoxy groups -OCH3 is 1. The van der Waals surface area contributed by atoms with Crippen LogP contribution in [0.5, 0.6) is 0 Å². The van der Waals surface area contributed by atoms with Crippen LogP contribution in [0.3, 0.4) is 0 Å². The Hall–Kier alpha value is -1.40. The molecule has 21 heavy (non-hydrogen) atoms. The molecule has 2 N–H and O–H groups in total. The predicted octanol–water partition coefficient (Wildman–Crippen LogP) is 2.70. The molecule has 3 heterocycles. The standard InChI is InChI=1S/C15H22N4OS/c1-3-11-8-12-13(17-15(16)18-14(12)21-11)19-6-4-10(5-7-19)9-20-2/h8,10H,3-7,9H2,1-2H3,(H2,16,17,18). The molecule has 0 bridgehead atoms. The summed E-state index contributed by atoms with van der Waals surface area (Å²) < 4.78 is 5.27. The summed E-state index contributed by atoms with van der Waals surface area (Å²) in [4.78, 5) is 13.6. The molecule has 3 rings (SSSR count). The maximum Gasteiger partial charge on any atom is 0.223 e. The topological polar surface area (TPSA) is 64.3 Å². The highest BCUT2D eigenvalue weighted by atomic mass is 32.1. The molecule has 6 heteroatoms. The van der Waals surface area contributed by atoms with E-state index in [-0.39, 0.29) is 0 Å². The van der Waals surface area contributed by atoms with Crippen LogP contribution < -0.4 is 10.6 Å². The normalized spacial score (nSPS) is 16.8. The first-order valence-corrected chi connectivity index (χ1v) is 8.32. The number of nitrogen functional groups attached to an aromatic ring is 1. The lowest BCUT2D eigenvalue weighted by atomic mass is 9.98. The number of aromatic nitrogens is 2. The Balaban J connectivity index is 1.88. The number of aryl methyl sites for hydroxylation is 1. The van der Waals surface area contributed by atoms with Gasteiger partial charge in [0.05, 0.1) is 5.39 Å². The van der Waals surface area contributed by atoms with Gasteiger partial charge in [-0.05, 0) is 31.2 Å². The Labute approximate surface area is 129 Å². The zero-order valence-corrected chi connectivity index (χ0v) is 13.4. The van der Waals surface area contributed by atoms with Gasteiger partial charge in [0.25, 0.3) is 0 Å². The second kappa shape index (κ2) is 6.15. The van der Waals surface area contributed by atoms with Gasteiger partial charge in [-0.25, -0.2) is 4.98 Å². The third-order valence-electron chi connectivity index (χ3n) is 4.11. The smallest absolute Gasteiger partial charge is 0.223 e. The average molecular weight is 306 g/mol. The number of rotatable bonds is 4. The van der Waals surface area contributed by atoms with Crippen molar-refractivity contribution in [1.82, 2.24) is 9.97 Å². The molecule has 0 spiro atoms. The third kappa shape index (κ3) is 2.96. The Kier molecular flexibility index (Phi) is 4.26. The van der Waals surface area contributed by atoms with E-state index in [0.717, 1.165) is 55.0 Å². The summed E-state index contributed by atoms with van der Waals surface area (Å²) in [5, 5.41) is 1.15. The summed E-state index contributed by atoms with van der Waals surface area (Å²) in [5.41, 5.74) is 5.89. The van der Waals surface area contributed by atoms with E-state index in [2.05, 4.69) is 27.9 Å². The van der Waals surface area contributed by atoms with Crippen molar-refractivity contribution < 1.29 is 4.74 Å². The highest BCUT2D eigenvalue weighted by Crippen LogP contribution is 2.33. The molecule has 0 atom stereocenters. The zero-order valence-electron chi connectivity index (χ0n) is 12.6. The molecule has 0 radical (unpaired) electrons. The van der Waals surface area contributed by atoms with Crippen LogP contribution in [0.25, 0.3) is 10.2 Å². The van der Waals surface area contributed by atoms with E-state index in [1.165, 1.54) is 4.88 Å². The van der Waals surface area contributed by atoms with Crippen molar-refractivity contribution in [1.29, 1.82) is 0 Å². The van der Waals surface area contributed by atoms with Gasteiger partial charge in [-0.3, -0.25) is 0 Å². The van der Waals surface area contributed by atoms with Crippen LogP contribution in [0, 0.1) is 5.92 Å². The van der Waals surface area contributed by atoms with Gasteiger partial charge < -0.3 is 15.4 Å². The molecule has 1 saturated heterocycles. The molecular formula is C15H22N4OS. The van der Waals surface area contributed by atoms with Gasteiger partial charge in [0, 0.05) is 31.7 Å². The largest absolute Gasteiger partial charge is 0.384 e. The van der Waals surface area contributed by atoms with E-state index >= 15 is 0 Å². The minimum atomic E-state index is 0.376. The number of piperidine rings is 1. The second-order valence-corrected chi connectivity index (χ2v) is 6.69. The van der Waals surface area contributed by atoms with Crippen LogP contribution in [0.4, 0.5) is 11.8 Å².